The van der Waals surface area contributed by atoms with Crippen molar-refractivity contribution >= 4 is 28.9 Å². The van der Waals surface area contributed by atoms with Gasteiger partial charge in [0.05, 0.1) is 20.1 Å². The van der Waals surface area contributed by atoms with Gasteiger partial charge in [-0.1, -0.05) is 19.1 Å². The Morgan fingerprint density at radius 1 is 1.04 bits per heavy atom. The minimum absolute atomic E-state index is 0.175. The van der Waals surface area contributed by atoms with Gasteiger partial charge in [-0.25, -0.2) is 0 Å². The van der Waals surface area contributed by atoms with Gasteiger partial charge in [-0.3, -0.25) is 4.79 Å². The van der Waals surface area contributed by atoms with Crippen molar-refractivity contribution in [3.8, 4) is 11.5 Å². The molecule has 132 valence electrons. The van der Waals surface area contributed by atoms with Crippen LogP contribution in [0.1, 0.15) is 18.9 Å². The lowest BCUT2D eigenvalue weighted by Gasteiger charge is -2.11. The Morgan fingerprint density at radius 2 is 1.68 bits per heavy atom. The van der Waals surface area contributed by atoms with Crippen molar-refractivity contribution in [1.82, 2.24) is 5.32 Å². The maximum atomic E-state index is 12.1. The molecule has 1 amide bonds. The summed E-state index contributed by atoms with van der Waals surface area (Å²) in [6.07, 6.45) is 1.21. The van der Waals surface area contributed by atoms with E-state index in [4.69, 9.17) is 21.7 Å². The summed E-state index contributed by atoms with van der Waals surface area (Å²) in [5, 5.41) is 5.92. The Hall–Kier alpha value is -2.60. The molecule has 2 rings (SSSR count). The van der Waals surface area contributed by atoms with Crippen LogP contribution in [0.2, 0.25) is 0 Å². The lowest BCUT2D eigenvalue weighted by atomic mass is 10.1. The Balaban J connectivity index is 1.81. The van der Waals surface area contributed by atoms with Crippen LogP contribution in [0.3, 0.4) is 0 Å². The van der Waals surface area contributed by atoms with Gasteiger partial charge < -0.3 is 20.1 Å². The quantitative estimate of drug-likeness (QED) is 0.742. The molecule has 0 spiro atoms. The SMILES string of the molecule is CCCOc1ccc(NC(=S)NC(=O)Cc2ccc(OC)cc2)cc1. The van der Waals surface area contributed by atoms with Crippen LogP contribution < -0.4 is 20.1 Å². The topological polar surface area (TPSA) is 59.6 Å². The number of benzene rings is 2. The lowest BCUT2D eigenvalue weighted by molar-refractivity contribution is -0.119. The molecule has 6 heteroatoms. The third-order valence-corrected chi connectivity index (χ3v) is 3.57. The third-order valence-electron chi connectivity index (χ3n) is 3.36. The smallest absolute Gasteiger partial charge is 0.230 e. The van der Waals surface area contributed by atoms with Crippen LogP contribution in [0.4, 0.5) is 5.69 Å². The Kier molecular flexibility index (Phi) is 7.22. The monoisotopic (exact) mass is 358 g/mol. The fraction of sp³-hybridized carbons (Fsp3) is 0.263. The summed E-state index contributed by atoms with van der Waals surface area (Å²) in [5.74, 6) is 1.39. The maximum Gasteiger partial charge on any atom is 0.230 e. The van der Waals surface area contributed by atoms with Crippen LogP contribution in [-0.2, 0) is 11.2 Å². The number of ether oxygens (including phenoxy) is 2. The molecule has 0 atom stereocenters. The van der Waals surface area contributed by atoms with Gasteiger partial charge >= 0.3 is 0 Å². The highest BCUT2D eigenvalue weighted by Crippen LogP contribution is 2.16. The molecule has 2 N–H and O–H groups in total. The number of thiocarbonyl (C=S) groups is 1. The molecule has 0 saturated carbocycles. The zero-order valence-corrected chi connectivity index (χ0v) is 15.2. The van der Waals surface area contributed by atoms with E-state index >= 15 is 0 Å². The molecule has 0 fully saturated rings. The standard InChI is InChI=1S/C19H22N2O3S/c1-3-12-24-17-10-6-15(7-11-17)20-19(25)21-18(22)13-14-4-8-16(23-2)9-5-14/h4-11H,3,12-13H2,1-2H3,(H2,20,21,22,25). The van der Waals surface area contributed by atoms with Crippen LogP contribution in [0.25, 0.3) is 0 Å². The zero-order chi connectivity index (χ0) is 18.1. The number of rotatable bonds is 7. The highest BCUT2D eigenvalue weighted by molar-refractivity contribution is 7.80. The first-order chi connectivity index (χ1) is 12.1. The summed E-state index contributed by atoms with van der Waals surface area (Å²) in [6.45, 7) is 2.75. The van der Waals surface area contributed by atoms with Crippen molar-refractivity contribution in [1.29, 1.82) is 0 Å². The number of amides is 1. The first kappa shape index (κ1) is 18.7. The molecule has 0 heterocycles. The fourth-order valence-electron chi connectivity index (χ4n) is 2.12. The van der Waals surface area contributed by atoms with Gasteiger partial charge in [-0.15, -0.1) is 0 Å². The number of anilines is 1. The number of hydrogen-bond donors (Lipinski definition) is 2. The number of carbonyl (C=O) groups is 1. The lowest BCUT2D eigenvalue weighted by Crippen LogP contribution is -2.35. The van der Waals surface area contributed by atoms with Gasteiger partial charge in [0.15, 0.2) is 5.11 Å². The minimum Gasteiger partial charge on any atom is -0.497 e. The highest BCUT2D eigenvalue weighted by atomic mass is 32.1. The number of methoxy groups -OCH3 is 1. The van der Waals surface area contributed by atoms with E-state index in [9.17, 15) is 4.79 Å². The van der Waals surface area contributed by atoms with Crippen LogP contribution in [0.5, 0.6) is 11.5 Å². The van der Waals surface area contributed by atoms with Crippen LogP contribution >= 0.6 is 12.2 Å². The second-order valence-electron chi connectivity index (χ2n) is 5.40. The Bertz CT molecular complexity index is 700. The zero-order valence-electron chi connectivity index (χ0n) is 14.4. The largest absolute Gasteiger partial charge is 0.497 e. The summed E-state index contributed by atoms with van der Waals surface area (Å²) in [5.41, 5.74) is 1.68. The molecule has 25 heavy (non-hydrogen) atoms. The van der Waals surface area contributed by atoms with E-state index in [0.717, 1.165) is 29.2 Å². The maximum absolute atomic E-state index is 12.1. The van der Waals surface area contributed by atoms with Gasteiger partial charge in [0.2, 0.25) is 5.91 Å². The van der Waals surface area contributed by atoms with Gasteiger partial charge in [0.1, 0.15) is 11.5 Å². The molecule has 0 radical (unpaired) electrons. The van der Waals surface area contributed by atoms with Crippen molar-refractivity contribution in [2.45, 2.75) is 19.8 Å². The van der Waals surface area contributed by atoms with Gasteiger partial charge in [0.25, 0.3) is 0 Å². The van der Waals surface area contributed by atoms with Crippen molar-refractivity contribution in [3.63, 3.8) is 0 Å². The molecule has 0 aliphatic heterocycles. The van der Waals surface area contributed by atoms with Crippen molar-refractivity contribution in [2.75, 3.05) is 19.0 Å². The molecule has 0 aliphatic rings. The third kappa shape index (κ3) is 6.43. The molecular formula is C19H22N2O3S. The van der Waals surface area contributed by atoms with E-state index in [2.05, 4.69) is 17.6 Å². The van der Waals surface area contributed by atoms with Gasteiger partial charge in [0, 0.05) is 5.69 Å². The Morgan fingerprint density at radius 3 is 2.28 bits per heavy atom. The number of nitrogens with one attached hydrogen (secondary N) is 2. The number of carbonyl (C=O) groups excluding carboxylic acids is 1. The average Bonchev–Trinajstić information content (AvgIpc) is 2.61. The second kappa shape index (κ2) is 9.64. The summed E-state index contributed by atoms with van der Waals surface area (Å²) in [7, 11) is 1.61. The van der Waals surface area contributed by atoms with Crippen LogP contribution in [0.15, 0.2) is 48.5 Å². The van der Waals surface area contributed by atoms with Crippen molar-refractivity contribution < 1.29 is 14.3 Å². The van der Waals surface area contributed by atoms with Gasteiger partial charge in [-0.05, 0) is 60.6 Å². The van der Waals surface area contributed by atoms with Crippen molar-refractivity contribution in [3.05, 3.63) is 54.1 Å². The molecule has 0 aliphatic carbocycles. The van der Waals surface area contributed by atoms with Crippen LogP contribution in [0, 0.1) is 0 Å². The van der Waals surface area contributed by atoms with E-state index in [0.29, 0.717) is 6.61 Å². The summed E-state index contributed by atoms with van der Waals surface area (Å²) >= 11 is 5.18. The molecule has 2 aromatic rings. The summed E-state index contributed by atoms with van der Waals surface area (Å²) in [6, 6.07) is 14.8. The second-order valence-corrected chi connectivity index (χ2v) is 5.81. The van der Waals surface area contributed by atoms with Crippen molar-refractivity contribution in [2.24, 2.45) is 0 Å². The molecule has 0 aromatic heterocycles. The predicted octanol–water partition coefficient (Wildman–Crippen LogP) is 3.54. The number of hydrogen-bond acceptors (Lipinski definition) is 4. The van der Waals surface area contributed by atoms with Gasteiger partial charge in [-0.2, -0.15) is 0 Å². The first-order valence-electron chi connectivity index (χ1n) is 8.07. The summed E-state index contributed by atoms with van der Waals surface area (Å²) < 4.78 is 10.6. The molecule has 0 unspecified atom stereocenters. The van der Waals surface area contributed by atoms with E-state index < -0.39 is 0 Å². The van der Waals surface area contributed by atoms with Crippen LogP contribution in [-0.4, -0.2) is 24.7 Å². The van der Waals surface area contributed by atoms with E-state index in [1.807, 2.05) is 48.5 Å². The predicted molar refractivity (Wildman–Crippen MR) is 103 cm³/mol. The minimum atomic E-state index is -0.175. The molecule has 0 bridgehead atoms. The normalized spacial score (nSPS) is 10.0. The first-order valence-corrected chi connectivity index (χ1v) is 8.48. The molecule has 0 saturated heterocycles. The average molecular weight is 358 g/mol. The van der Waals surface area contributed by atoms with E-state index in [1.165, 1.54) is 0 Å². The fourth-order valence-corrected chi connectivity index (χ4v) is 2.35. The van der Waals surface area contributed by atoms with E-state index in [-0.39, 0.29) is 17.4 Å². The summed E-state index contributed by atoms with van der Waals surface area (Å²) in [4.78, 5) is 12.1. The highest BCUT2D eigenvalue weighted by Gasteiger charge is 2.07. The van der Waals surface area contributed by atoms with E-state index in [1.54, 1.807) is 7.11 Å². The molecule has 2 aromatic carbocycles. The Labute approximate surface area is 153 Å². The molecular weight excluding hydrogens is 336 g/mol. The molecule has 5 nitrogen and oxygen atoms in total.